The Morgan fingerprint density at radius 2 is 1.83 bits per heavy atom. The molecule has 0 spiro atoms. The molecule has 0 aliphatic carbocycles. The maximum atomic E-state index is 13.1. The van der Waals surface area contributed by atoms with Gasteiger partial charge < -0.3 is 21.1 Å². The second-order valence-corrected chi connectivity index (χ2v) is 6.74. The zero-order valence-electron chi connectivity index (χ0n) is 17.0. The van der Waals surface area contributed by atoms with E-state index in [2.05, 4.69) is 15.6 Å². The first-order valence-electron chi connectivity index (χ1n) is 9.73. The van der Waals surface area contributed by atoms with Crippen LogP contribution in [0.15, 0.2) is 53.5 Å². The summed E-state index contributed by atoms with van der Waals surface area (Å²) >= 11 is 0. The van der Waals surface area contributed by atoms with Crippen LogP contribution in [0.3, 0.4) is 0 Å². The molecule has 0 saturated heterocycles. The van der Waals surface area contributed by atoms with Gasteiger partial charge in [0.15, 0.2) is 5.96 Å². The number of aryl methyl sites for hydroxylation is 1. The van der Waals surface area contributed by atoms with Crippen LogP contribution in [-0.4, -0.2) is 38.1 Å². The molecule has 2 rings (SSSR count). The van der Waals surface area contributed by atoms with Gasteiger partial charge in [0.2, 0.25) is 5.91 Å². The number of halogens is 1. The molecular weight excluding hydrogens is 371 g/mol. The van der Waals surface area contributed by atoms with Crippen molar-refractivity contribution in [1.82, 2.24) is 10.6 Å². The molecule has 0 fully saturated rings. The number of hydrogen-bond donors (Lipinski definition) is 3. The number of carbonyl (C=O) groups is 1. The molecule has 1 amide bonds. The van der Waals surface area contributed by atoms with Gasteiger partial charge in [-0.25, -0.2) is 4.39 Å². The third-order valence-corrected chi connectivity index (χ3v) is 4.30. The molecule has 6 nitrogen and oxygen atoms in total. The lowest BCUT2D eigenvalue weighted by Crippen LogP contribution is -2.40. The predicted molar refractivity (Wildman–Crippen MR) is 113 cm³/mol. The number of amides is 1. The highest BCUT2D eigenvalue weighted by molar-refractivity contribution is 5.81. The number of ether oxygens (including phenoxy) is 1. The van der Waals surface area contributed by atoms with E-state index >= 15 is 0 Å². The second kappa shape index (κ2) is 11.7. The average molecular weight is 400 g/mol. The van der Waals surface area contributed by atoms with Crippen molar-refractivity contribution in [3.8, 4) is 5.75 Å². The molecule has 0 heterocycles. The van der Waals surface area contributed by atoms with Crippen molar-refractivity contribution in [2.75, 3.05) is 26.2 Å². The molecule has 0 aliphatic rings. The van der Waals surface area contributed by atoms with Gasteiger partial charge in [-0.05, 0) is 50.1 Å². The number of nitrogens with two attached hydrogens (primary N) is 1. The molecule has 0 aliphatic heterocycles. The van der Waals surface area contributed by atoms with E-state index in [4.69, 9.17) is 10.5 Å². The number of benzene rings is 2. The Morgan fingerprint density at radius 3 is 2.45 bits per heavy atom. The van der Waals surface area contributed by atoms with Crippen molar-refractivity contribution >= 4 is 11.9 Å². The van der Waals surface area contributed by atoms with Crippen molar-refractivity contribution in [2.45, 2.75) is 20.3 Å². The Balaban J connectivity index is 1.86. The third kappa shape index (κ3) is 8.21. The second-order valence-electron chi connectivity index (χ2n) is 6.74. The fourth-order valence-corrected chi connectivity index (χ4v) is 2.68. The summed E-state index contributed by atoms with van der Waals surface area (Å²) in [5.41, 5.74) is 7.55. The first-order chi connectivity index (χ1) is 14.0. The van der Waals surface area contributed by atoms with Crippen LogP contribution >= 0.6 is 0 Å². The molecule has 2 aromatic rings. The van der Waals surface area contributed by atoms with E-state index in [0.29, 0.717) is 32.1 Å². The van der Waals surface area contributed by atoms with Crippen LogP contribution in [0, 0.1) is 18.7 Å². The predicted octanol–water partition coefficient (Wildman–Crippen LogP) is 2.41. The van der Waals surface area contributed by atoms with Crippen LogP contribution in [0.1, 0.15) is 18.1 Å². The van der Waals surface area contributed by atoms with Crippen molar-refractivity contribution < 1.29 is 13.9 Å². The molecule has 0 radical (unpaired) electrons. The minimum atomic E-state index is -0.472. The Kier molecular flexibility index (Phi) is 8.95. The molecule has 0 saturated carbocycles. The molecule has 1 unspecified atom stereocenters. The molecule has 2 aromatic carbocycles. The van der Waals surface area contributed by atoms with Gasteiger partial charge in [0.1, 0.15) is 18.2 Å². The van der Waals surface area contributed by atoms with Crippen LogP contribution in [0.4, 0.5) is 4.39 Å². The summed E-state index contributed by atoms with van der Waals surface area (Å²) in [5.74, 6) is 0.183. The molecule has 0 aromatic heterocycles. The van der Waals surface area contributed by atoms with E-state index in [9.17, 15) is 9.18 Å². The molecule has 156 valence electrons. The first kappa shape index (κ1) is 22.2. The SMILES string of the molecule is CCNC(=NCC(Cc1ccc(F)cc1)C(N)=O)NCCOc1ccc(C)cc1. The van der Waals surface area contributed by atoms with E-state index in [1.54, 1.807) is 12.1 Å². The minimum absolute atomic E-state index is 0.237. The van der Waals surface area contributed by atoms with Gasteiger partial charge in [-0.1, -0.05) is 29.8 Å². The zero-order chi connectivity index (χ0) is 21.1. The van der Waals surface area contributed by atoms with Crippen molar-refractivity contribution in [3.05, 3.63) is 65.5 Å². The van der Waals surface area contributed by atoms with Gasteiger partial charge in [-0.2, -0.15) is 0 Å². The van der Waals surface area contributed by atoms with Gasteiger partial charge >= 0.3 is 0 Å². The van der Waals surface area contributed by atoms with E-state index < -0.39 is 11.8 Å². The normalized spacial score (nSPS) is 12.3. The first-order valence-corrected chi connectivity index (χ1v) is 9.73. The summed E-state index contributed by atoms with van der Waals surface area (Å²) in [7, 11) is 0. The topological polar surface area (TPSA) is 88.7 Å². The number of carbonyl (C=O) groups excluding carboxylic acids is 1. The van der Waals surface area contributed by atoms with Crippen LogP contribution in [0.25, 0.3) is 0 Å². The number of primary amides is 1. The van der Waals surface area contributed by atoms with Crippen molar-refractivity contribution in [1.29, 1.82) is 0 Å². The van der Waals surface area contributed by atoms with Gasteiger partial charge in [-0.15, -0.1) is 0 Å². The molecular formula is C22H29FN4O2. The third-order valence-electron chi connectivity index (χ3n) is 4.30. The maximum Gasteiger partial charge on any atom is 0.222 e. The number of rotatable bonds is 10. The highest BCUT2D eigenvalue weighted by Gasteiger charge is 2.16. The minimum Gasteiger partial charge on any atom is -0.492 e. The molecule has 4 N–H and O–H groups in total. The molecule has 29 heavy (non-hydrogen) atoms. The number of aliphatic imine (C=N–C) groups is 1. The van der Waals surface area contributed by atoms with Crippen molar-refractivity contribution in [3.63, 3.8) is 0 Å². The number of guanidine groups is 1. The highest BCUT2D eigenvalue weighted by Crippen LogP contribution is 2.11. The lowest BCUT2D eigenvalue weighted by Gasteiger charge is -2.15. The van der Waals surface area contributed by atoms with E-state index in [-0.39, 0.29) is 12.4 Å². The summed E-state index contributed by atoms with van der Waals surface area (Å²) in [4.78, 5) is 16.3. The quantitative estimate of drug-likeness (QED) is 0.325. The molecule has 7 heteroatoms. The van der Waals surface area contributed by atoms with Crippen LogP contribution < -0.4 is 21.1 Å². The van der Waals surface area contributed by atoms with E-state index in [1.165, 1.54) is 17.7 Å². The standard InChI is InChI=1S/C22H29FN4O2/c1-3-25-22(26-12-13-29-20-10-4-16(2)5-11-20)27-15-18(21(24)28)14-17-6-8-19(23)9-7-17/h4-11,18H,3,12-15H2,1-2H3,(H2,24,28)(H2,25,26,27). The van der Waals surface area contributed by atoms with Gasteiger partial charge in [0, 0.05) is 6.54 Å². The van der Waals surface area contributed by atoms with Gasteiger partial charge in [-0.3, -0.25) is 9.79 Å². The van der Waals surface area contributed by atoms with Crippen molar-refractivity contribution in [2.24, 2.45) is 16.6 Å². The zero-order valence-corrected chi connectivity index (χ0v) is 17.0. The summed E-state index contributed by atoms with van der Waals surface area (Å²) in [5, 5.41) is 6.32. The number of nitrogens with zero attached hydrogens (tertiary/aromatic N) is 1. The lowest BCUT2D eigenvalue weighted by molar-refractivity contribution is -0.121. The van der Waals surface area contributed by atoms with Gasteiger partial charge in [0.05, 0.1) is 19.0 Å². The summed E-state index contributed by atoms with van der Waals surface area (Å²) in [6.07, 6.45) is 0.412. The summed E-state index contributed by atoms with van der Waals surface area (Å²) in [6, 6.07) is 13.9. The van der Waals surface area contributed by atoms with Crippen LogP contribution in [0.5, 0.6) is 5.75 Å². The highest BCUT2D eigenvalue weighted by atomic mass is 19.1. The average Bonchev–Trinajstić information content (AvgIpc) is 2.70. The van der Waals surface area contributed by atoms with Gasteiger partial charge in [0.25, 0.3) is 0 Å². The smallest absolute Gasteiger partial charge is 0.222 e. The number of nitrogens with one attached hydrogen (secondary N) is 2. The molecule has 0 bridgehead atoms. The lowest BCUT2D eigenvalue weighted by atomic mass is 9.99. The van der Waals surface area contributed by atoms with Crippen LogP contribution in [-0.2, 0) is 11.2 Å². The molecule has 1 atom stereocenters. The Hall–Kier alpha value is -3.09. The van der Waals surface area contributed by atoms with E-state index in [0.717, 1.165) is 11.3 Å². The Morgan fingerprint density at radius 1 is 1.14 bits per heavy atom. The summed E-state index contributed by atoms with van der Waals surface area (Å²) < 4.78 is 18.7. The number of hydrogen-bond acceptors (Lipinski definition) is 3. The van der Waals surface area contributed by atoms with E-state index in [1.807, 2.05) is 38.1 Å². The van der Waals surface area contributed by atoms with Crippen LogP contribution in [0.2, 0.25) is 0 Å². The fraction of sp³-hybridized carbons (Fsp3) is 0.364. The Labute approximate surface area is 171 Å². The summed E-state index contributed by atoms with van der Waals surface area (Å²) in [6.45, 7) is 5.94. The fourth-order valence-electron chi connectivity index (χ4n) is 2.68. The Bertz CT molecular complexity index is 791. The largest absolute Gasteiger partial charge is 0.492 e. The monoisotopic (exact) mass is 400 g/mol. The maximum absolute atomic E-state index is 13.1.